The fraction of sp³-hybridized carbons (Fsp3) is 0. The van der Waals surface area contributed by atoms with Crippen LogP contribution in [0.5, 0.6) is 0 Å². The number of hydrogen-bond donors (Lipinski definition) is 2. The number of carboxylic acids is 1. The molecule has 0 unspecified atom stereocenters. The summed E-state index contributed by atoms with van der Waals surface area (Å²) in [6.07, 6.45) is 0.848. The first-order valence-electron chi connectivity index (χ1n) is 5.30. The molecule has 0 radical (unpaired) electrons. The molecule has 4 nitrogen and oxygen atoms in total. The van der Waals surface area contributed by atoms with Gasteiger partial charge in [-0.2, -0.15) is 0 Å². The van der Waals surface area contributed by atoms with Gasteiger partial charge in [0.05, 0.1) is 0 Å². The summed E-state index contributed by atoms with van der Waals surface area (Å²) in [6, 6.07) is 0.787. The van der Waals surface area contributed by atoms with E-state index in [9.17, 15) is 26.7 Å². The van der Waals surface area contributed by atoms with Gasteiger partial charge in [0.15, 0.2) is 34.9 Å². The molecule has 2 N–H and O–H groups in total. The summed E-state index contributed by atoms with van der Waals surface area (Å²) in [7, 11) is 0. The molecule has 1 aromatic carbocycles. The second-order valence-electron chi connectivity index (χ2n) is 3.79. The molecular weight excluding hydrogens is 299 g/mol. The lowest BCUT2D eigenvalue weighted by molar-refractivity contribution is 0.0692. The maximum atomic E-state index is 13.7. The average molecular weight is 304 g/mol. The van der Waals surface area contributed by atoms with Crippen LogP contribution in [0.4, 0.5) is 33.5 Å². The Morgan fingerprint density at radius 3 is 2.14 bits per heavy atom. The van der Waals surface area contributed by atoms with Crippen molar-refractivity contribution in [1.29, 1.82) is 0 Å². The van der Waals surface area contributed by atoms with E-state index in [0.717, 1.165) is 12.3 Å². The Bertz CT molecular complexity index is 710. The number of aromatic carboxylic acids is 1. The Labute approximate surface area is 113 Å². The van der Waals surface area contributed by atoms with E-state index in [-0.39, 0.29) is 6.07 Å². The summed E-state index contributed by atoms with van der Waals surface area (Å²) in [5.41, 5.74) is -2.15. The highest BCUT2D eigenvalue weighted by Crippen LogP contribution is 2.28. The summed E-state index contributed by atoms with van der Waals surface area (Å²) in [4.78, 5) is 14.0. The van der Waals surface area contributed by atoms with Crippen molar-refractivity contribution in [2.75, 3.05) is 5.32 Å². The van der Waals surface area contributed by atoms with Crippen LogP contribution >= 0.6 is 0 Å². The minimum Gasteiger partial charge on any atom is -0.478 e. The number of rotatable bonds is 3. The Kier molecular flexibility index (Phi) is 3.74. The number of nitrogens with zero attached hydrogens (tertiary/aromatic N) is 1. The van der Waals surface area contributed by atoms with Crippen molar-refractivity contribution in [1.82, 2.24) is 4.98 Å². The SMILES string of the molecule is O=C(O)c1ccnc(Nc2c(F)c(F)cc(F)c2F)c1F. The topological polar surface area (TPSA) is 62.2 Å². The van der Waals surface area contributed by atoms with E-state index in [1.807, 2.05) is 0 Å². The number of carbonyl (C=O) groups is 1. The minimum atomic E-state index is -1.80. The number of hydrogen-bond acceptors (Lipinski definition) is 3. The molecule has 110 valence electrons. The zero-order valence-corrected chi connectivity index (χ0v) is 9.92. The molecule has 0 atom stereocenters. The third-order valence-corrected chi connectivity index (χ3v) is 2.47. The molecule has 0 aliphatic heterocycles. The molecule has 2 rings (SSSR count). The Balaban J connectivity index is 2.54. The van der Waals surface area contributed by atoms with Gasteiger partial charge in [-0.05, 0) is 6.07 Å². The third-order valence-electron chi connectivity index (χ3n) is 2.47. The molecule has 0 saturated heterocycles. The van der Waals surface area contributed by atoms with E-state index in [1.165, 1.54) is 0 Å². The lowest BCUT2D eigenvalue weighted by Crippen LogP contribution is -2.08. The number of anilines is 2. The van der Waals surface area contributed by atoms with Crippen molar-refractivity contribution in [3.8, 4) is 0 Å². The van der Waals surface area contributed by atoms with Gasteiger partial charge in [-0.3, -0.25) is 0 Å². The maximum absolute atomic E-state index is 13.7. The highest BCUT2D eigenvalue weighted by molar-refractivity contribution is 5.89. The van der Waals surface area contributed by atoms with Crippen molar-refractivity contribution in [2.45, 2.75) is 0 Å². The number of aromatic nitrogens is 1. The molecule has 0 aliphatic carbocycles. The quantitative estimate of drug-likeness (QED) is 0.675. The van der Waals surface area contributed by atoms with E-state index in [4.69, 9.17) is 5.11 Å². The summed E-state index contributed by atoms with van der Waals surface area (Å²) >= 11 is 0. The standard InChI is InChI=1S/C12H5F5N2O2/c13-5-3-6(14)9(17)10(8(5)16)19-11-7(15)4(12(20)21)1-2-18-11/h1-3H,(H,18,19)(H,20,21). The van der Waals surface area contributed by atoms with Gasteiger partial charge in [-0.25, -0.2) is 31.7 Å². The molecule has 0 fully saturated rings. The number of carboxylic acid groups (broad SMARTS) is 1. The minimum absolute atomic E-state index is 0.0205. The van der Waals surface area contributed by atoms with Gasteiger partial charge >= 0.3 is 5.97 Å². The van der Waals surface area contributed by atoms with Gasteiger partial charge < -0.3 is 10.4 Å². The fourth-order valence-electron chi connectivity index (χ4n) is 1.50. The van der Waals surface area contributed by atoms with Gasteiger partial charge in [0.2, 0.25) is 0 Å². The predicted octanol–water partition coefficient (Wildman–Crippen LogP) is 3.22. The highest BCUT2D eigenvalue weighted by atomic mass is 19.2. The fourth-order valence-corrected chi connectivity index (χ4v) is 1.50. The van der Waals surface area contributed by atoms with Crippen molar-refractivity contribution in [2.24, 2.45) is 0 Å². The largest absolute Gasteiger partial charge is 0.478 e. The normalized spacial score (nSPS) is 10.5. The van der Waals surface area contributed by atoms with Gasteiger partial charge in [-0.15, -0.1) is 0 Å². The molecule has 0 saturated carbocycles. The van der Waals surface area contributed by atoms with Crippen LogP contribution in [0, 0.1) is 29.1 Å². The molecule has 0 amide bonds. The van der Waals surface area contributed by atoms with Crippen LogP contribution in [0.3, 0.4) is 0 Å². The summed E-state index contributed by atoms with van der Waals surface area (Å²) in [5, 5.41) is 10.4. The van der Waals surface area contributed by atoms with Crippen LogP contribution in [0.15, 0.2) is 18.3 Å². The van der Waals surface area contributed by atoms with Gasteiger partial charge in [0.25, 0.3) is 0 Å². The third kappa shape index (κ3) is 2.62. The first-order valence-corrected chi connectivity index (χ1v) is 5.30. The summed E-state index contributed by atoms with van der Waals surface area (Å²) in [5.74, 6) is -11.0. The molecule has 21 heavy (non-hydrogen) atoms. The van der Waals surface area contributed by atoms with E-state index >= 15 is 0 Å². The first kappa shape index (κ1) is 14.7. The lowest BCUT2D eigenvalue weighted by atomic mass is 10.2. The molecule has 0 aliphatic rings. The summed E-state index contributed by atoms with van der Waals surface area (Å²) in [6.45, 7) is 0. The highest BCUT2D eigenvalue weighted by Gasteiger charge is 2.22. The van der Waals surface area contributed by atoms with Crippen LogP contribution in [0.2, 0.25) is 0 Å². The van der Waals surface area contributed by atoms with E-state index < -0.39 is 52.1 Å². The molecule has 2 aromatic rings. The van der Waals surface area contributed by atoms with Gasteiger partial charge in [0, 0.05) is 12.3 Å². The van der Waals surface area contributed by atoms with E-state index in [0.29, 0.717) is 0 Å². The molecule has 9 heteroatoms. The van der Waals surface area contributed by atoms with Crippen molar-refractivity contribution >= 4 is 17.5 Å². The van der Waals surface area contributed by atoms with Gasteiger partial charge in [0.1, 0.15) is 11.3 Å². The van der Waals surface area contributed by atoms with Crippen LogP contribution in [0.1, 0.15) is 10.4 Å². The zero-order valence-electron chi connectivity index (χ0n) is 9.92. The average Bonchev–Trinajstić information content (AvgIpc) is 2.42. The second kappa shape index (κ2) is 5.35. The van der Waals surface area contributed by atoms with Crippen molar-refractivity contribution < 1.29 is 31.9 Å². The number of halogens is 5. The van der Waals surface area contributed by atoms with Gasteiger partial charge in [-0.1, -0.05) is 0 Å². The molecule has 1 aromatic heterocycles. The molecule has 0 bridgehead atoms. The first-order chi connectivity index (χ1) is 9.82. The number of benzene rings is 1. The monoisotopic (exact) mass is 304 g/mol. The second-order valence-corrected chi connectivity index (χ2v) is 3.79. The van der Waals surface area contributed by atoms with Crippen molar-refractivity contribution in [3.05, 3.63) is 53.0 Å². The van der Waals surface area contributed by atoms with Crippen LogP contribution in [0.25, 0.3) is 0 Å². The van der Waals surface area contributed by atoms with Crippen LogP contribution in [-0.4, -0.2) is 16.1 Å². The predicted molar refractivity (Wildman–Crippen MR) is 60.7 cm³/mol. The maximum Gasteiger partial charge on any atom is 0.338 e. The lowest BCUT2D eigenvalue weighted by Gasteiger charge is -2.10. The molecule has 0 spiro atoms. The zero-order chi connectivity index (χ0) is 15.7. The van der Waals surface area contributed by atoms with E-state index in [2.05, 4.69) is 4.98 Å². The van der Waals surface area contributed by atoms with E-state index in [1.54, 1.807) is 5.32 Å². The number of pyridine rings is 1. The molecule has 1 heterocycles. The van der Waals surface area contributed by atoms with Crippen LogP contribution < -0.4 is 5.32 Å². The smallest absolute Gasteiger partial charge is 0.338 e. The summed E-state index contributed by atoms with van der Waals surface area (Å²) < 4.78 is 66.6. The number of nitrogens with one attached hydrogen (secondary N) is 1. The Morgan fingerprint density at radius 2 is 1.62 bits per heavy atom. The Hall–Kier alpha value is -2.71. The van der Waals surface area contributed by atoms with Crippen molar-refractivity contribution in [3.63, 3.8) is 0 Å². The van der Waals surface area contributed by atoms with Crippen LogP contribution in [-0.2, 0) is 0 Å². The Morgan fingerprint density at radius 1 is 1.05 bits per heavy atom. The molecular formula is C12H5F5N2O2.